The number of aromatic nitrogens is 2. The highest BCUT2D eigenvalue weighted by atomic mass is 35.5. The molecule has 1 N–H and O–H groups in total. The van der Waals surface area contributed by atoms with Gasteiger partial charge in [-0.15, -0.1) is 0 Å². The number of nitrogens with zero attached hydrogens (tertiary/aromatic N) is 3. The summed E-state index contributed by atoms with van der Waals surface area (Å²) in [5.41, 5.74) is 3.43. The zero-order valence-corrected chi connectivity index (χ0v) is 15.3. The maximum atomic E-state index is 12.5. The van der Waals surface area contributed by atoms with Crippen LogP contribution in [0.1, 0.15) is 35.5 Å². The zero-order chi connectivity index (χ0) is 17.9. The van der Waals surface area contributed by atoms with Gasteiger partial charge in [0.1, 0.15) is 6.54 Å². The van der Waals surface area contributed by atoms with Crippen LogP contribution in [0, 0.1) is 20.8 Å². The first-order valence-corrected chi connectivity index (χ1v) is 8.43. The molecule has 130 valence electrons. The largest absolute Gasteiger partial charge is 0.387 e. The Hall–Kier alpha value is -1.85. The molecule has 1 atom stereocenters. The van der Waals surface area contributed by atoms with E-state index < -0.39 is 6.10 Å². The third-order valence-electron chi connectivity index (χ3n) is 4.17. The first-order valence-electron chi connectivity index (χ1n) is 8.05. The highest BCUT2D eigenvalue weighted by molar-refractivity contribution is 6.31. The Kier molecular flexibility index (Phi) is 6.02. The summed E-state index contributed by atoms with van der Waals surface area (Å²) in [4.78, 5) is 14.2. The lowest BCUT2D eigenvalue weighted by atomic mass is 10.1. The lowest BCUT2D eigenvalue weighted by molar-refractivity contribution is -0.133. The maximum Gasteiger partial charge on any atom is 0.244 e. The van der Waals surface area contributed by atoms with Gasteiger partial charge < -0.3 is 10.0 Å². The number of halogens is 1. The monoisotopic (exact) mass is 349 g/mol. The number of benzene rings is 1. The quantitative estimate of drug-likeness (QED) is 0.872. The van der Waals surface area contributed by atoms with Gasteiger partial charge in [-0.05, 0) is 33.3 Å². The summed E-state index contributed by atoms with van der Waals surface area (Å²) >= 11 is 6.12. The van der Waals surface area contributed by atoms with Crippen LogP contribution in [0.25, 0.3) is 0 Å². The second-order valence-corrected chi connectivity index (χ2v) is 6.38. The van der Waals surface area contributed by atoms with Crippen molar-refractivity contribution < 1.29 is 9.90 Å². The fourth-order valence-electron chi connectivity index (χ4n) is 2.57. The first-order chi connectivity index (χ1) is 11.3. The summed E-state index contributed by atoms with van der Waals surface area (Å²) in [7, 11) is 0. The minimum atomic E-state index is -0.710. The van der Waals surface area contributed by atoms with Crippen LogP contribution >= 0.6 is 11.6 Å². The predicted molar refractivity (Wildman–Crippen MR) is 95.1 cm³/mol. The number of aliphatic hydroxyl groups is 1. The van der Waals surface area contributed by atoms with Gasteiger partial charge in [-0.25, -0.2) is 0 Å². The van der Waals surface area contributed by atoms with Gasteiger partial charge in [0.15, 0.2) is 0 Å². The van der Waals surface area contributed by atoms with Gasteiger partial charge in [0.2, 0.25) is 5.91 Å². The van der Waals surface area contributed by atoms with E-state index in [1.165, 1.54) is 0 Å². The van der Waals surface area contributed by atoms with Gasteiger partial charge in [0.05, 0.1) is 29.1 Å². The minimum absolute atomic E-state index is 0.0917. The van der Waals surface area contributed by atoms with Crippen molar-refractivity contribution in [3.05, 3.63) is 51.8 Å². The molecule has 0 aliphatic carbocycles. The average molecular weight is 350 g/mol. The van der Waals surface area contributed by atoms with E-state index in [0.717, 1.165) is 16.8 Å². The van der Waals surface area contributed by atoms with E-state index in [4.69, 9.17) is 11.6 Å². The maximum absolute atomic E-state index is 12.5. The standard InChI is InChI=1S/C18H24ClN3O2/c1-5-21(10-16(23)15-8-6-12(2)7-9-15)17(24)11-22-14(4)18(19)13(3)20-22/h6-9,16,23H,5,10-11H2,1-4H3. The Labute approximate surface area is 147 Å². The van der Waals surface area contributed by atoms with E-state index in [2.05, 4.69) is 5.10 Å². The lowest BCUT2D eigenvalue weighted by Gasteiger charge is -2.24. The van der Waals surface area contributed by atoms with Gasteiger partial charge in [0.25, 0.3) is 0 Å². The molecule has 0 aliphatic rings. The molecule has 2 rings (SSSR count). The van der Waals surface area contributed by atoms with Crippen molar-refractivity contribution in [1.29, 1.82) is 0 Å². The number of carbonyl (C=O) groups is 1. The molecule has 24 heavy (non-hydrogen) atoms. The first kappa shape index (κ1) is 18.5. The number of aliphatic hydroxyl groups excluding tert-OH is 1. The minimum Gasteiger partial charge on any atom is -0.387 e. The van der Waals surface area contributed by atoms with Crippen LogP contribution in [-0.2, 0) is 11.3 Å². The summed E-state index contributed by atoms with van der Waals surface area (Å²) < 4.78 is 1.61. The van der Waals surface area contributed by atoms with Crippen LogP contribution in [0.4, 0.5) is 0 Å². The summed E-state index contributed by atoms with van der Waals surface area (Å²) in [5, 5.41) is 15.3. The summed E-state index contributed by atoms with van der Waals surface area (Å²) in [5.74, 6) is -0.0917. The van der Waals surface area contributed by atoms with E-state index in [9.17, 15) is 9.90 Å². The van der Waals surface area contributed by atoms with Crippen LogP contribution in [0.5, 0.6) is 0 Å². The topological polar surface area (TPSA) is 58.4 Å². The fourth-order valence-corrected chi connectivity index (χ4v) is 2.70. The number of carbonyl (C=O) groups excluding carboxylic acids is 1. The molecule has 1 heterocycles. The molecule has 0 radical (unpaired) electrons. The summed E-state index contributed by atoms with van der Waals surface area (Å²) in [6, 6.07) is 7.68. The molecule has 0 spiro atoms. The molecule has 5 nitrogen and oxygen atoms in total. The normalized spacial score (nSPS) is 12.2. The Bertz CT molecular complexity index is 710. The van der Waals surface area contributed by atoms with Crippen LogP contribution in [0.15, 0.2) is 24.3 Å². The van der Waals surface area contributed by atoms with Crippen molar-refractivity contribution in [2.24, 2.45) is 0 Å². The van der Waals surface area contributed by atoms with Gasteiger partial charge in [-0.3, -0.25) is 9.48 Å². The summed E-state index contributed by atoms with van der Waals surface area (Å²) in [6.07, 6.45) is -0.710. The predicted octanol–water partition coefficient (Wildman–Crippen LogP) is 3.04. The van der Waals surface area contributed by atoms with Crippen LogP contribution in [0.2, 0.25) is 5.02 Å². The number of aryl methyl sites for hydroxylation is 2. The van der Waals surface area contributed by atoms with Crippen molar-refractivity contribution in [1.82, 2.24) is 14.7 Å². The smallest absolute Gasteiger partial charge is 0.244 e. The zero-order valence-electron chi connectivity index (χ0n) is 14.6. The number of hydrogen-bond donors (Lipinski definition) is 1. The molecule has 2 aromatic rings. The van der Waals surface area contributed by atoms with Gasteiger partial charge in [0, 0.05) is 6.54 Å². The highest BCUT2D eigenvalue weighted by Crippen LogP contribution is 2.19. The van der Waals surface area contributed by atoms with E-state index in [1.54, 1.807) is 9.58 Å². The van der Waals surface area contributed by atoms with Crippen molar-refractivity contribution in [3.63, 3.8) is 0 Å². The number of hydrogen-bond acceptors (Lipinski definition) is 3. The van der Waals surface area contributed by atoms with Crippen molar-refractivity contribution >= 4 is 17.5 Å². The molecule has 0 saturated carbocycles. The highest BCUT2D eigenvalue weighted by Gasteiger charge is 2.19. The van der Waals surface area contributed by atoms with Crippen LogP contribution < -0.4 is 0 Å². The SMILES string of the molecule is CCN(CC(O)c1ccc(C)cc1)C(=O)Cn1nc(C)c(Cl)c1C. The fraction of sp³-hybridized carbons (Fsp3) is 0.444. The lowest BCUT2D eigenvalue weighted by Crippen LogP contribution is -2.37. The van der Waals surface area contributed by atoms with Gasteiger partial charge in [-0.2, -0.15) is 5.10 Å². The molecular weight excluding hydrogens is 326 g/mol. The summed E-state index contributed by atoms with van der Waals surface area (Å²) in [6.45, 7) is 8.45. The molecule has 6 heteroatoms. The van der Waals surface area contributed by atoms with Crippen LogP contribution in [-0.4, -0.2) is 38.8 Å². The van der Waals surface area contributed by atoms with E-state index in [-0.39, 0.29) is 19.0 Å². The van der Waals surface area contributed by atoms with E-state index in [1.807, 2.05) is 52.0 Å². The molecule has 0 aliphatic heterocycles. The Morgan fingerprint density at radius 2 is 1.92 bits per heavy atom. The average Bonchev–Trinajstić information content (AvgIpc) is 2.80. The molecule has 1 amide bonds. The molecule has 0 bridgehead atoms. The van der Waals surface area contributed by atoms with Crippen molar-refractivity contribution in [2.45, 2.75) is 40.3 Å². The molecular formula is C18H24ClN3O2. The number of amides is 1. The third-order valence-corrected chi connectivity index (χ3v) is 4.72. The third kappa shape index (κ3) is 4.16. The van der Waals surface area contributed by atoms with E-state index in [0.29, 0.717) is 17.3 Å². The second kappa shape index (κ2) is 7.81. The Morgan fingerprint density at radius 1 is 1.29 bits per heavy atom. The van der Waals surface area contributed by atoms with E-state index >= 15 is 0 Å². The number of likely N-dealkylation sites (N-methyl/N-ethyl adjacent to an activating group) is 1. The van der Waals surface area contributed by atoms with Gasteiger partial charge >= 0.3 is 0 Å². The Morgan fingerprint density at radius 3 is 2.42 bits per heavy atom. The second-order valence-electron chi connectivity index (χ2n) is 6.00. The number of rotatable bonds is 6. The Balaban J connectivity index is 2.05. The molecule has 1 aromatic carbocycles. The molecule has 0 fully saturated rings. The van der Waals surface area contributed by atoms with Crippen LogP contribution in [0.3, 0.4) is 0 Å². The van der Waals surface area contributed by atoms with Gasteiger partial charge in [-0.1, -0.05) is 41.4 Å². The molecule has 1 aromatic heterocycles. The molecule has 0 saturated heterocycles. The van der Waals surface area contributed by atoms with Crippen molar-refractivity contribution in [3.8, 4) is 0 Å². The molecule has 1 unspecified atom stereocenters. The van der Waals surface area contributed by atoms with Crippen molar-refractivity contribution in [2.75, 3.05) is 13.1 Å².